The van der Waals surface area contributed by atoms with Gasteiger partial charge in [0, 0.05) is 19.8 Å². The van der Waals surface area contributed by atoms with E-state index in [0.29, 0.717) is 17.6 Å². The lowest BCUT2D eigenvalue weighted by atomic mass is 10.2. The first kappa shape index (κ1) is 10.5. The summed E-state index contributed by atoms with van der Waals surface area (Å²) in [5.74, 6) is 1.16. The third kappa shape index (κ3) is 2.70. The van der Waals surface area contributed by atoms with Gasteiger partial charge in [0.15, 0.2) is 0 Å². The maximum atomic E-state index is 8.67. The first-order chi connectivity index (χ1) is 6.63. The van der Waals surface area contributed by atoms with E-state index in [1.807, 2.05) is 18.0 Å². The van der Waals surface area contributed by atoms with E-state index in [1.54, 1.807) is 12.3 Å². The minimum Gasteiger partial charge on any atom is -0.344 e. The summed E-state index contributed by atoms with van der Waals surface area (Å²) >= 11 is 0. The number of nitrogens with zero attached hydrogens (tertiary/aromatic N) is 4. The summed E-state index contributed by atoms with van der Waals surface area (Å²) in [6.07, 6.45) is 1.61. The molecular formula is C10H14N4. The second-order valence-corrected chi connectivity index (χ2v) is 3.63. The molecule has 0 N–H and O–H groups in total. The second kappa shape index (κ2) is 4.56. The molecule has 1 heterocycles. The van der Waals surface area contributed by atoms with Crippen molar-refractivity contribution < 1.29 is 0 Å². The molecule has 0 saturated heterocycles. The number of rotatable bonds is 3. The van der Waals surface area contributed by atoms with Crippen molar-refractivity contribution in [2.45, 2.75) is 13.8 Å². The molecule has 4 nitrogen and oxygen atoms in total. The zero-order chi connectivity index (χ0) is 10.6. The molecule has 4 heteroatoms. The monoisotopic (exact) mass is 190 g/mol. The zero-order valence-electron chi connectivity index (χ0n) is 8.73. The lowest BCUT2D eigenvalue weighted by molar-refractivity contribution is 0.629. The Morgan fingerprint density at radius 1 is 1.57 bits per heavy atom. The fourth-order valence-electron chi connectivity index (χ4n) is 1.22. The third-order valence-corrected chi connectivity index (χ3v) is 1.74. The maximum Gasteiger partial charge on any atom is 0.226 e. The van der Waals surface area contributed by atoms with Gasteiger partial charge in [0.2, 0.25) is 5.95 Å². The van der Waals surface area contributed by atoms with Crippen LogP contribution in [0.2, 0.25) is 0 Å². The summed E-state index contributed by atoms with van der Waals surface area (Å²) < 4.78 is 0. The number of anilines is 1. The first-order valence-corrected chi connectivity index (χ1v) is 4.57. The molecule has 14 heavy (non-hydrogen) atoms. The van der Waals surface area contributed by atoms with Crippen LogP contribution in [0.15, 0.2) is 12.3 Å². The molecule has 1 rings (SSSR count). The molecule has 1 aromatic rings. The first-order valence-electron chi connectivity index (χ1n) is 4.57. The molecule has 0 atom stereocenters. The molecule has 0 saturated carbocycles. The Kier molecular flexibility index (Phi) is 3.41. The summed E-state index contributed by atoms with van der Waals surface area (Å²) in [5.41, 5.74) is 0.408. The fourth-order valence-corrected chi connectivity index (χ4v) is 1.22. The number of hydrogen-bond donors (Lipinski definition) is 0. The molecule has 74 valence electrons. The van der Waals surface area contributed by atoms with E-state index >= 15 is 0 Å². The van der Waals surface area contributed by atoms with Crippen molar-refractivity contribution in [1.82, 2.24) is 9.97 Å². The normalized spacial score (nSPS) is 9.93. The quantitative estimate of drug-likeness (QED) is 0.723. The molecule has 0 amide bonds. The van der Waals surface area contributed by atoms with E-state index in [4.69, 9.17) is 5.26 Å². The molecule has 0 aliphatic heterocycles. The van der Waals surface area contributed by atoms with Gasteiger partial charge in [-0.05, 0) is 12.0 Å². The second-order valence-electron chi connectivity index (χ2n) is 3.63. The molecule has 0 fully saturated rings. The van der Waals surface area contributed by atoms with Crippen molar-refractivity contribution in [3.05, 3.63) is 18.0 Å². The lowest BCUT2D eigenvalue weighted by Crippen LogP contribution is -2.24. The van der Waals surface area contributed by atoms with Gasteiger partial charge in [0.25, 0.3) is 0 Å². The molecule has 0 bridgehead atoms. The minimum absolute atomic E-state index is 0.408. The molecule has 1 aromatic heterocycles. The molecule has 0 radical (unpaired) electrons. The van der Waals surface area contributed by atoms with Crippen molar-refractivity contribution in [3.8, 4) is 6.07 Å². The zero-order valence-corrected chi connectivity index (χ0v) is 8.73. The topological polar surface area (TPSA) is 52.8 Å². The standard InChI is InChI=1S/C10H14N4/c1-8(2)7-14(3)10-12-5-4-9(6-11)13-10/h4-5,8H,7H2,1-3H3. The molecule has 0 aromatic carbocycles. The van der Waals surface area contributed by atoms with E-state index in [9.17, 15) is 0 Å². The molecule has 0 unspecified atom stereocenters. The summed E-state index contributed by atoms with van der Waals surface area (Å²) in [4.78, 5) is 10.2. The largest absolute Gasteiger partial charge is 0.344 e. The van der Waals surface area contributed by atoms with Gasteiger partial charge in [-0.1, -0.05) is 13.8 Å². The number of hydrogen-bond acceptors (Lipinski definition) is 4. The summed E-state index contributed by atoms with van der Waals surface area (Å²) in [7, 11) is 1.93. The molecule has 0 aliphatic rings. The highest BCUT2D eigenvalue weighted by atomic mass is 15.2. The third-order valence-electron chi connectivity index (χ3n) is 1.74. The Morgan fingerprint density at radius 3 is 2.86 bits per heavy atom. The highest BCUT2D eigenvalue weighted by molar-refractivity contribution is 5.32. The van der Waals surface area contributed by atoms with E-state index in [0.717, 1.165) is 6.54 Å². The number of nitriles is 1. The Bertz CT molecular complexity index is 340. The van der Waals surface area contributed by atoms with Crippen LogP contribution in [0, 0.1) is 17.2 Å². The minimum atomic E-state index is 0.408. The molecule has 0 spiro atoms. The lowest BCUT2D eigenvalue weighted by Gasteiger charge is -2.18. The van der Waals surface area contributed by atoms with Gasteiger partial charge >= 0.3 is 0 Å². The van der Waals surface area contributed by atoms with Crippen molar-refractivity contribution in [2.24, 2.45) is 5.92 Å². The van der Waals surface area contributed by atoms with Gasteiger partial charge in [-0.25, -0.2) is 9.97 Å². The van der Waals surface area contributed by atoms with E-state index in [1.165, 1.54) is 0 Å². The Balaban J connectivity index is 2.80. The van der Waals surface area contributed by atoms with Gasteiger partial charge in [0.1, 0.15) is 11.8 Å². The van der Waals surface area contributed by atoms with Crippen molar-refractivity contribution in [2.75, 3.05) is 18.5 Å². The highest BCUT2D eigenvalue weighted by Gasteiger charge is 2.06. The van der Waals surface area contributed by atoms with Crippen LogP contribution >= 0.6 is 0 Å². The molecular weight excluding hydrogens is 176 g/mol. The van der Waals surface area contributed by atoms with Crippen molar-refractivity contribution in [1.29, 1.82) is 5.26 Å². The van der Waals surface area contributed by atoms with Crippen LogP contribution in [0.1, 0.15) is 19.5 Å². The number of aromatic nitrogens is 2. The molecule has 0 aliphatic carbocycles. The Morgan fingerprint density at radius 2 is 2.29 bits per heavy atom. The van der Waals surface area contributed by atoms with Gasteiger partial charge in [-0.3, -0.25) is 0 Å². The van der Waals surface area contributed by atoms with Crippen LogP contribution in [0.25, 0.3) is 0 Å². The maximum absolute atomic E-state index is 8.67. The van der Waals surface area contributed by atoms with E-state index in [-0.39, 0.29) is 0 Å². The average Bonchev–Trinajstić information content (AvgIpc) is 2.17. The predicted octanol–water partition coefficient (Wildman–Crippen LogP) is 1.44. The van der Waals surface area contributed by atoms with Crippen LogP contribution < -0.4 is 4.90 Å². The van der Waals surface area contributed by atoms with Gasteiger partial charge in [-0.15, -0.1) is 0 Å². The fraction of sp³-hybridized carbons (Fsp3) is 0.500. The average molecular weight is 190 g/mol. The van der Waals surface area contributed by atoms with E-state index in [2.05, 4.69) is 23.8 Å². The summed E-state index contributed by atoms with van der Waals surface area (Å²) in [6.45, 7) is 5.14. The van der Waals surface area contributed by atoms with Gasteiger partial charge in [-0.2, -0.15) is 5.26 Å². The summed E-state index contributed by atoms with van der Waals surface area (Å²) in [5, 5.41) is 8.67. The van der Waals surface area contributed by atoms with Crippen LogP contribution in [-0.2, 0) is 0 Å². The van der Waals surface area contributed by atoms with E-state index < -0.39 is 0 Å². The van der Waals surface area contributed by atoms with Crippen LogP contribution in [-0.4, -0.2) is 23.6 Å². The van der Waals surface area contributed by atoms with Crippen molar-refractivity contribution in [3.63, 3.8) is 0 Å². The van der Waals surface area contributed by atoms with Crippen LogP contribution in [0.3, 0.4) is 0 Å². The highest BCUT2D eigenvalue weighted by Crippen LogP contribution is 2.07. The summed E-state index contributed by atoms with van der Waals surface area (Å²) in [6, 6.07) is 3.60. The predicted molar refractivity (Wildman–Crippen MR) is 54.9 cm³/mol. The Labute approximate surface area is 84.2 Å². The van der Waals surface area contributed by atoms with Crippen LogP contribution in [0.4, 0.5) is 5.95 Å². The van der Waals surface area contributed by atoms with Crippen molar-refractivity contribution >= 4 is 5.95 Å². The van der Waals surface area contributed by atoms with Gasteiger partial charge in [0.05, 0.1) is 0 Å². The SMILES string of the molecule is CC(C)CN(C)c1nccc(C#N)n1. The smallest absolute Gasteiger partial charge is 0.226 e. The Hall–Kier alpha value is -1.63. The van der Waals surface area contributed by atoms with Crippen LogP contribution in [0.5, 0.6) is 0 Å². The van der Waals surface area contributed by atoms with Gasteiger partial charge < -0.3 is 4.90 Å².